The van der Waals surface area contributed by atoms with Gasteiger partial charge in [0.1, 0.15) is 0 Å². The average Bonchev–Trinajstić information content (AvgIpc) is 2.21. The van der Waals surface area contributed by atoms with Gasteiger partial charge in [-0.3, -0.25) is 4.90 Å². The van der Waals surface area contributed by atoms with Crippen molar-refractivity contribution in [1.29, 1.82) is 0 Å². The third-order valence-electron chi connectivity index (χ3n) is 2.44. The molecule has 1 aliphatic heterocycles. The third kappa shape index (κ3) is 3.03. The van der Waals surface area contributed by atoms with Crippen molar-refractivity contribution >= 4 is 9.28 Å². The Labute approximate surface area is 82.0 Å². The van der Waals surface area contributed by atoms with Gasteiger partial charge in [0.25, 0.3) is 0 Å². The molecule has 1 atom stereocenters. The molecule has 0 amide bonds. The van der Waals surface area contributed by atoms with E-state index in [1.54, 1.807) is 14.2 Å². The van der Waals surface area contributed by atoms with E-state index in [1.165, 1.54) is 0 Å². The molecule has 0 aromatic rings. The summed E-state index contributed by atoms with van der Waals surface area (Å²) < 4.78 is 10.7. The van der Waals surface area contributed by atoms with E-state index in [4.69, 9.17) is 8.85 Å². The van der Waals surface area contributed by atoms with Gasteiger partial charge in [0.05, 0.1) is 5.67 Å². The molecule has 0 aliphatic carbocycles. The van der Waals surface area contributed by atoms with Crippen molar-refractivity contribution in [2.24, 2.45) is 0 Å². The van der Waals surface area contributed by atoms with Crippen LogP contribution in [-0.2, 0) is 8.85 Å². The Morgan fingerprint density at radius 1 is 1.23 bits per heavy atom. The van der Waals surface area contributed by atoms with Crippen molar-refractivity contribution in [3.8, 4) is 0 Å². The van der Waals surface area contributed by atoms with Crippen LogP contribution in [0.1, 0.15) is 6.92 Å². The number of hydrogen-bond donors (Lipinski definition) is 1. The predicted octanol–water partition coefficient (Wildman–Crippen LogP) is -0.400. The number of nitrogens with one attached hydrogen (secondary N) is 1. The Kier molecular flexibility index (Phi) is 4.90. The minimum Gasteiger partial charge on any atom is -0.396 e. The van der Waals surface area contributed by atoms with Gasteiger partial charge in [-0.2, -0.15) is 0 Å². The van der Waals surface area contributed by atoms with E-state index in [1.807, 2.05) is 0 Å². The highest BCUT2D eigenvalue weighted by molar-refractivity contribution is 6.46. The topological polar surface area (TPSA) is 33.7 Å². The van der Waals surface area contributed by atoms with Crippen LogP contribution < -0.4 is 5.32 Å². The van der Waals surface area contributed by atoms with Gasteiger partial charge < -0.3 is 14.2 Å². The van der Waals surface area contributed by atoms with Crippen LogP contribution in [0.5, 0.6) is 0 Å². The number of piperazine rings is 1. The molecule has 1 aliphatic rings. The summed E-state index contributed by atoms with van der Waals surface area (Å²) in [5.74, 6) is 0. The van der Waals surface area contributed by atoms with Crippen LogP contribution in [0.4, 0.5) is 0 Å². The van der Waals surface area contributed by atoms with Crippen molar-refractivity contribution in [2.75, 3.05) is 40.4 Å². The standard InChI is InChI=1S/C8H19N2O2Si/c1-8(13(11-2)12-3)10-6-4-9-5-7-10/h8-9H,4-7H2,1-3H3. The zero-order valence-electron chi connectivity index (χ0n) is 8.67. The lowest BCUT2D eigenvalue weighted by atomic mass is 10.4. The van der Waals surface area contributed by atoms with E-state index in [-0.39, 0.29) is 0 Å². The van der Waals surface area contributed by atoms with Crippen LogP contribution >= 0.6 is 0 Å². The van der Waals surface area contributed by atoms with Crippen LogP contribution in [0.15, 0.2) is 0 Å². The maximum absolute atomic E-state index is 5.33. The van der Waals surface area contributed by atoms with Crippen molar-refractivity contribution in [2.45, 2.75) is 12.6 Å². The molecule has 0 aromatic carbocycles. The first-order valence-corrected chi connectivity index (χ1v) is 6.08. The van der Waals surface area contributed by atoms with Gasteiger partial charge in [-0.15, -0.1) is 0 Å². The monoisotopic (exact) mass is 203 g/mol. The molecule has 77 valence electrons. The predicted molar refractivity (Wildman–Crippen MR) is 53.7 cm³/mol. The number of nitrogens with zero attached hydrogens (tertiary/aromatic N) is 1. The fourth-order valence-electron chi connectivity index (χ4n) is 1.64. The normalized spacial score (nSPS) is 22.2. The molecular formula is C8H19N2O2Si. The minimum atomic E-state index is -1.10. The second-order valence-corrected chi connectivity index (χ2v) is 5.48. The largest absolute Gasteiger partial charge is 0.402 e. The van der Waals surface area contributed by atoms with Gasteiger partial charge in [-0.05, 0) is 6.92 Å². The highest BCUT2D eigenvalue weighted by atomic mass is 28.3. The van der Waals surface area contributed by atoms with E-state index in [9.17, 15) is 0 Å². The van der Waals surface area contributed by atoms with Crippen molar-refractivity contribution < 1.29 is 8.85 Å². The summed E-state index contributed by atoms with van der Waals surface area (Å²) in [5.41, 5.74) is 0.432. The van der Waals surface area contributed by atoms with Crippen LogP contribution in [0.2, 0.25) is 0 Å². The quantitative estimate of drug-likeness (QED) is 0.631. The molecule has 13 heavy (non-hydrogen) atoms. The fraction of sp³-hybridized carbons (Fsp3) is 1.00. The van der Waals surface area contributed by atoms with E-state index in [0.29, 0.717) is 5.67 Å². The smallest absolute Gasteiger partial charge is 0.396 e. The number of hydrogen-bond acceptors (Lipinski definition) is 4. The zero-order valence-corrected chi connectivity index (χ0v) is 9.67. The molecule has 1 radical (unpaired) electrons. The van der Waals surface area contributed by atoms with Gasteiger partial charge in [0, 0.05) is 40.4 Å². The minimum absolute atomic E-state index is 0.432. The van der Waals surface area contributed by atoms with Gasteiger partial charge in [0.2, 0.25) is 0 Å². The summed E-state index contributed by atoms with van der Waals surface area (Å²) in [7, 11) is 2.36. The van der Waals surface area contributed by atoms with E-state index < -0.39 is 9.28 Å². The summed E-state index contributed by atoms with van der Waals surface area (Å²) in [4.78, 5) is 2.43. The molecule has 1 unspecified atom stereocenters. The Hall–Kier alpha value is 0.0569. The molecule has 5 heteroatoms. The maximum Gasteiger partial charge on any atom is 0.402 e. The third-order valence-corrected chi connectivity index (χ3v) is 4.29. The first-order chi connectivity index (χ1) is 6.29. The van der Waals surface area contributed by atoms with Gasteiger partial charge in [-0.1, -0.05) is 0 Å². The summed E-state index contributed by atoms with van der Waals surface area (Å²) >= 11 is 0. The molecule has 1 N–H and O–H groups in total. The molecule has 0 bridgehead atoms. The number of rotatable bonds is 4. The second kappa shape index (κ2) is 5.72. The SMILES string of the molecule is CO[Si](OC)C(C)N1CCNCC1. The Morgan fingerprint density at radius 3 is 2.23 bits per heavy atom. The highest BCUT2D eigenvalue weighted by Crippen LogP contribution is 2.05. The van der Waals surface area contributed by atoms with Gasteiger partial charge in [-0.25, -0.2) is 0 Å². The summed E-state index contributed by atoms with van der Waals surface area (Å²) in [5, 5.41) is 3.33. The van der Waals surface area contributed by atoms with E-state index >= 15 is 0 Å². The molecule has 0 spiro atoms. The first kappa shape index (κ1) is 11.1. The lowest BCUT2D eigenvalue weighted by Crippen LogP contribution is -2.53. The first-order valence-electron chi connectivity index (χ1n) is 4.69. The molecule has 1 rings (SSSR count). The highest BCUT2D eigenvalue weighted by Gasteiger charge is 2.28. The molecular weight excluding hydrogens is 184 g/mol. The van der Waals surface area contributed by atoms with Crippen LogP contribution in [0.25, 0.3) is 0 Å². The lowest BCUT2D eigenvalue weighted by molar-refractivity contribution is 0.174. The summed E-state index contributed by atoms with van der Waals surface area (Å²) in [6.07, 6.45) is 0. The summed E-state index contributed by atoms with van der Waals surface area (Å²) in [6.45, 7) is 6.54. The average molecular weight is 203 g/mol. The van der Waals surface area contributed by atoms with Gasteiger partial charge in [0.15, 0.2) is 0 Å². The van der Waals surface area contributed by atoms with Crippen LogP contribution in [0, 0.1) is 0 Å². The molecule has 1 fully saturated rings. The van der Waals surface area contributed by atoms with Crippen molar-refractivity contribution in [3.63, 3.8) is 0 Å². The molecule has 1 heterocycles. The maximum atomic E-state index is 5.33. The Balaban J connectivity index is 2.38. The Bertz CT molecular complexity index is 138. The Morgan fingerprint density at radius 2 is 1.77 bits per heavy atom. The zero-order chi connectivity index (χ0) is 9.68. The van der Waals surface area contributed by atoms with Gasteiger partial charge >= 0.3 is 9.28 Å². The molecule has 0 aromatic heterocycles. The van der Waals surface area contributed by atoms with E-state index in [0.717, 1.165) is 26.2 Å². The molecule has 0 saturated carbocycles. The van der Waals surface area contributed by atoms with Crippen molar-refractivity contribution in [1.82, 2.24) is 10.2 Å². The van der Waals surface area contributed by atoms with Crippen molar-refractivity contribution in [3.05, 3.63) is 0 Å². The van der Waals surface area contributed by atoms with Crippen LogP contribution in [-0.4, -0.2) is 60.2 Å². The molecule has 1 saturated heterocycles. The second-order valence-electron chi connectivity index (χ2n) is 3.19. The summed E-state index contributed by atoms with van der Waals surface area (Å²) in [6, 6.07) is 0. The van der Waals surface area contributed by atoms with Crippen LogP contribution in [0.3, 0.4) is 0 Å². The van der Waals surface area contributed by atoms with E-state index in [2.05, 4.69) is 17.1 Å². The lowest BCUT2D eigenvalue weighted by Gasteiger charge is -2.34. The molecule has 4 nitrogen and oxygen atoms in total. The fourth-order valence-corrected chi connectivity index (χ4v) is 3.05.